The van der Waals surface area contributed by atoms with Gasteiger partial charge in [0.15, 0.2) is 0 Å². The van der Waals surface area contributed by atoms with E-state index in [1.807, 2.05) is 0 Å². The summed E-state index contributed by atoms with van der Waals surface area (Å²) in [4.78, 5) is 2.25. The standard InChI is InChI=1S/C14H24N2/c1-12(2)10-13-4-6-14(7-5-13)11-16(3)9-8-15/h4-7,12H,8-11,15H2,1-3H3. The average Bonchev–Trinajstić information content (AvgIpc) is 2.20. The Morgan fingerprint density at radius 3 is 2.19 bits per heavy atom. The SMILES string of the molecule is CC(C)Cc1ccc(CN(C)CCN)cc1. The lowest BCUT2D eigenvalue weighted by Gasteiger charge is -2.15. The van der Waals surface area contributed by atoms with Gasteiger partial charge in [0.1, 0.15) is 0 Å². The number of likely N-dealkylation sites (N-methyl/N-ethyl adjacent to an activating group) is 1. The van der Waals surface area contributed by atoms with Gasteiger partial charge in [-0.15, -0.1) is 0 Å². The third-order valence-corrected chi connectivity index (χ3v) is 2.63. The second-order valence-electron chi connectivity index (χ2n) is 4.94. The van der Waals surface area contributed by atoms with E-state index in [1.54, 1.807) is 0 Å². The Hall–Kier alpha value is -0.860. The van der Waals surface area contributed by atoms with E-state index >= 15 is 0 Å². The molecule has 0 atom stereocenters. The average molecular weight is 220 g/mol. The van der Waals surface area contributed by atoms with Gasteiger partial charge in [-0.05, 0) is 30.5 Å². The topological polar surface area (TPSA) is 29.3 Å². The van der Waals surface area contributed by atoms with Gasteiger partial charge in [0.05, 0.1) is 0 Å². The normalized spacial score (nSPS) is 11.4. The van der Waals surface area contributed by atoms with Crippen LogP contribution in [0.4, 0.5) is 0 Å². The molecule has 0 aliphatic carbocycles. The number of benzene rings is 1. The van der Waals surface area contributed by atoms with Crippen molar-refractivity contribution in [1.82, 2.24) is 4.90 Å². The van der Waals surface area contributed by atoms with Crippen LogP contribution in [0.3, 0.4) is 0 Å². The Labute approximate surface area is 99.5 Å². The van der Waals surface area contributed by atoms with Crippen molar-refractivity contribution in [3.63, 3.8) is 0 Å². The smallest absolute Gasteiger partial charge is 0.0231 e. The molecule has 1 aromatic rings. The van der Waals surface area contributed by atoms with E-state index in [2.05, 4.69) is 50.1 Å². The maximum absolute atomic E-state index is 5.52. The van der Waals surface area contributed by atoms with Crippen LogP contribution in [0, 0.1) is 5.92 Å². The van der Waals surface area contributed by atoms with E-state index in [1.165, 1.54) is 17.5 Å². The second-order valence-corrected chi connectivity index (χ2v) is 4.94. The summed E-state index contributed by atoms with van der Waals surface area (Å²) < 4.78 is 0. The van der Waals surface area contributed by atoms with Gasteiger partial charge in [0, 0.05) is 19.6 Å². The van der Waals surface area contributed by atoms with Crippen LogP contribution in [-0.2, 0) is 13.0 Å². The van der Waals surface area contributed by atoms with E-state index < -0.39 is 0 Å². The van der Waals surface area contributed by atoms with Gasteiger partial charge in [-0.1, -0.05) is 38.1 Å². The molecule has 0 saturated carbocycles. The molecule has 0 aliphatic heterocycles. The fourth-order valence-corrected chi connectivity index (χ4v) is 1.86. The zero-order valence-electron chi connectivity index (χ0n) is 10.7. The van der Waals surface area contributed by atoms with Gasteiger partial charge >= 0.3 is 0 Å². The van der Waals surface area contributed by atoms with Crippen LogP contribution < -0.4 is 5.73 Å². The van der Waals surface area contributed by atoms with Gasteiger partial charge in [-0.25, -0.2) is 0 Å². The first kappa shape index (κ1) is 13.2. The maximum atomic E-state index is 5.52. The minimum atomic E-state index is 0.724. The van der Waals surface area contributed by atoms with Crippen molar-refractivity contribution < 1.29 is 0 Å². The summed E-state index contributed by atoms with van der Waals surface area (Å²) in [5.41, 5.74) is 8.32. The monoisotopic (exact) mass is 220 g/mol. The molecule has 2 N–H and O–H groups in total. The predicted octanol–water partition coefficient (Wildman–Crippen LogP) is 2.28. The number of rotatable bonds is 6. The Kier molecular flexibility index (Phi) is 5.50. The van der Waals surface area contributed by atoms with Crippen molar-refractivity contribution in [2.45, 2.75) is 26.8 Å². The molecule has 0 bridgehead atoms. The summed E-state index contributed by atoms with van der Waals surface area (Å²) >= 11 is 0. The summed E-state index contributed by atoms with van der Waals surface area (Å²) in [5.74, 6) is 0.728. The molecule has 0 unspecified atom stereocenters. The molecular formula is C14H24N2. The van der Waals surface area contributed by atoms with Gasteiger partial charge in [0.2, 0.25) is 0 Å². The molecule has 2 heteroatoms. The Morgan fingerprint density at radius 1 is 1.12 bits per heavy atom. The molecule has 0 aliphatic rings. The number of nitrogens with two attached hydrogens (primary N) is 1. The summed E-state index contributed by atoms with van der Waals surface area (Å²) in [6.45, 7) is 7.17. The van der Waals surface area contributed by atoms with Crippen LogP contribution in [0.15, 0.2) is 24.3 Å². The lowest BCUT2D eigenvalue weighted by Crippen LogP contribution is -2.24. The zero-order chi connectivity index (χ0) is 12.0. The summed E-state index contributed by atoms with van der Waals surface area (Å²) in [5, 5.41) is 0. The summed E-state index contributed by atoms with van der Waals surface area (Å²) in [6, 6.07) is 8.94. The molecule has 0 aromatic heterocycles. The molecule has 0 saturated heterocycles. The molecular weight excluding hydrogens is 196 g/mol. The van der Waals surface area contributed by atoms with Crippen LogP contribution in [0.5, 0.6) is 0 Å². The molecule has 0 amide bonds. The molecule has 1 aromatic carbocycles. The molecule has 0 fully saturated rings. The van der Waals surface area contributed by atoms with E-state index in [0.717, 1.165) is 25.6 Å². The molecule has 0 heterocycles. The molecule has 0 spiro atoms. The highest BCUT2D eigenvalue weighted by Crippen LogP contribution is 2.10. The molecule has 0 radical (unpaired) electrons. The van der Waals surface area contributed by atoms with Crippen LogP contribution in [0.1, 0.15) is 25.0 Å². The van der Waals surface area contributed by atoms with Crippen LogP contribution in [0.25, 0.3) is 0 Å². The molecule has 16 heavy (non-hydrogen) atoms. The zero-order valence-corrected chi connectivity index (χ0v) is 10.7. The highest BCUT2D eigenvalue weighted by atomic mass is 15.1. The molecule has 90 valence electrons. The van der Waals surface area contributed by atoms with Crippen LogP contribution >= 0.6 is 0 Å². The van der Waals surface area contributed by atoms with Crippen molar-refractivity contribution in [3.8, 4) is 0 Å². The fraction of sp³-hybridized carbons (Fsp3) is 0.571. The van der Waals surface area contributed by atoms with Crippen LogP contribution in [0.2, 0.25) is 0 Å². The van der Waals surface area contributed by atoms with E-state index in [9.17, 15) is 0 Å². The lowest BCUT2D eigenvalue weighted by atomic mass is 10.0. The van der Waals surface area contributed by atoms with Crippen LogP contribution in [-0.4, -0.2) is 25.0 Å². The Balaban J connectivity index is 2.50. The maximum Gasteiger partial charge on any atom is 0.0231 e. The van der Waals surface area contributed by atoms with Gasteiger partial charge in [0.25, 0.3) is 0 Å². The number of hydrogen-bond donors (Lipinski definition) is 1. The predicted molar refractivity (Wildman–Crippen MR) is 70.4 cm³/mol. The Bertz CT molecular complexity index is 290. The highest BCUT2D eigenvalue weighted by molar-refractivity contribution is 5.22. The third-order valence-electron chi connectivity index (χ3n) is 2.63. The first-order valence-electron chi connectivity index (χ1n) is 6.08. The minimum Gasteiger partial charge on any atom is -0.329 e. The quantitative estimate of drug-likeness (QED) is 0.797. The highest BCUT2D eigenvalue weighted by Gasteiger charge is 2.00. The first-order valence-corrected chi connectivity index (χ1v) is 6.08. The fourth-order valence-electron chi connectivity index (χ4n) is 1.86. The second kappa shape index (κ2) is 6.66. The number of nitrogens with zero attached hydrogens (tertiary/aromatic N) is 1. The van der Waals surface area contributed by atoms with Crippen molar-refractivity contribution in [1.29, 1.82) is 0 Å². The van der Waals surface area contributed by atoms with E-state index in [4.69, 9.17) is 5.73 Å². The van der Waals surface area contributed by atoms with Gasteiger partial charge in [-0.3, -0.25) is 0 Å². The third kappa shape index (κ3) is 4.77. The Morgan fingerprint density at radius 2 is 1.69 bits per heavy atom. The summed E-state index contributed by atoms with van der Waals surface area (Å²) in [7, 11) is 2.11. The van der Waals surface area contributed by atoms with Gasteiger partial charge in [-0.2, -0.15) is 0 Å². The van der Waals surface area contributed by atoms with Crippen molar-refractivity contribution in [2.75, 3.05) is 20.1 Å². The van der Waals surface area contributed by atoms with Crippen molar-refractivity contribution in [2.24, 2.45) is 11.7 Å². The molecule has 1 rings (SSSR count). The van der Waals surface area contributed by atoms with Crippen molar-refractivity contribution >= 4 is 0 Å². The minimum absolute atomic E-state index is 0.724. The largest absolute Gasteiger partial charge is 0.329 e. The van der Waals surface area contributed by atoms with E-state index in [-0.39, 0.29) is 0 Å². The number of hydrogen-bond acceptors (Lipinski definition) is 2. The lowest BCUT2D eigenvalue weighted by molar-refractivity contribution is 0.336. The van der Waals surface area contributed by atoms with E-state index in [0.29, 0.717) is 0 Å². The first-order chi connectivity index (χ1) is 7.61. The molecule has 2 nitrogen and oxygen atoms in total. The van der Waals surface area contributed by atoms with Crippen molar-refractivity contribution in [3.05, 3.63) is 35.4 Å². The summed E-state index contributed by atoms with van der Waals surface area (Å²) in [6.07, 6.45) is 1.17. The van der Waals surface area contributed by atoms with Gasteiger partial charge < -0.3 is 10.6 Å².